The molecule has 0 aliphatic carbocycles. The van der Waals surface area contributed by atoms with Crippen molar-refractivity contribution in [3.05, 3.63) is 59.7 Å². The molecule has 0 unspecified atom stereocenters. The lowest BCUT2D eigenvalue weighted by atomic mass is 10.1. The molecule has 144 valence electrons. The number of rotatable bonds is 6. The number of ether oxygens (including phenoxy) is 3. The van der Waals surface area contributed by atoms with E-state index in [1.54, 1.807) is 36.4 Å². The summed E-state index contributed by atoms with van der Waals surface area (Å²) in [6.07, 6.45) is 3.02. The van der Waals surface area contributed by atoms with E-state index in [1.807, 2.05) is 6.07 Å². The number of carbonyl (C=O) groups excluding carboxylic acids is 3. The summed E-state index contributed by atoms with van der Waals surface area (Å²) in [4.78, 5) is 35.3. The van der Waals surface area contributed by atoms with Crippen LogP contribution in [0.1, 0.15) is 15.9 Å². The maximum Gasteiger partial charge on any atom is 0.325 e. The average Bonchev–Trinajstić information content (AvgIpc) is 3.18. The Balaban J connectivity index is 1.59. The number of nitrogens with one attached hydrogen (secondary N) is 2. The Bertz CT molecular complexity index is 938. The molecule has 2 aromatic rings. The van der Waals surface area contributed by atoms with Crippen LogP contribution in [0.2, 0.25) is 0 Å². The summed E-state index contributed by atoms with van der Waals surface area (Å²) >= 11 is 0. The van der Waals surface area contributed by atoms with Crippen LogP contribution in [0.5, 0.6) is 11.5 Å². The first-order valence-electron chi connectivity index (χ1n) is 8.39. The van der Waals surface area contributed by atoms with Gasteiger partial charge in [0, 0.05) is 17.3 Å². The van der Waals surface area contributed by atoms with Crippen molar-refractivity contribution in [3.63, 3.8) is 0 Å². The van der Waals surface area contributed by atoms with Crippen LogP contribution in [0, 0.1) is 0 Å². The van der Waals surface area contributed by atoms with Gasteiger partial charge in [0.15, 0.2) is 11.5 Å². The SMILES string of the molecule is COC(=O)CNC(=O)c1cccc(NC(=O)/C=C/c2ccc3c(c2)OCO3)c1. The van der Waals surface area contributed by atoms with Gasteiger partial charge in [0.1, 0.15) is 6.54 Å². The quantitative estimate of drug-likeness (QED) is 0.585. The molecular formula is C20H18N2O6. The minimum absolute atomic E-state index is 0.187. The fraction of sp³-hybridized carbons (Fsp3) is 0.150. The molecule has 8 nitrogen and oxygen atoms in total. The molecule has 0 saturated carbocycles. The standard InChI is InChI=1S/C20H18N2O6/c1-26-19(24)11-21-20(25)14-3-2-4-15(10-14)22-18(23)8-6-13-5-7-16-17(9-13)28-12-27-16/h2-10H,11-12H2,1H3,(H,21,25)(H,22,23)/b8-6+. The molecule has 1 aliphatic rings. The minimum atomic E-state index is -0.550. The molecule has 2 amide bonds. The van der Waals surface area contributed by atoms with Crippen LogP contribution in [-0.2, 0) is 14.3 Å². The predicted octanol–water partition coefficient (Wildman–Crippen LogP) is 1.97. The number of hydrogen-bond acceptors (Lipinski definition) is 6. The highest BCUT2D eigenvalue weighted by atomic mass is 16.7. The molecule has 28 heavy (non-hydrogen) atoms. The zero-order chi connectivity index (χ0) is 19.9. The third kappa shape index (κ3) is 4.88. The van der Waals surface area contributed by atoms with Gasteiger partial charge in [0.2, 0.25) is 12.7 Å². The second-order valence-corrected chi connectivity index (χ2v) is 5.77. The number of anilines is 1. The molecular weight excluding hydrogens is 364 g/mol. The first-order chi connectivity index (χ1) is 13.5. The van der Waals surface area contributed by atoms with E-state index >= 15 is 0 Å². The molecule has 0 spiro atoms. The van der Waals surface area contributed by atoms with Crippen molar-refractivity contribution in [3.8, 4) is 11.5 Å². The monoisotopic (exact) mass is 382 g/mol. The van der Waals surface area contributed by atoms with Crippen molar-refractivity contribution in [1.82, 2.24) is 5.32 Å². The van der Waals surface area contributed by atoms with E-state index in [1.165, 1.54) is 19.3 Å². The lowest BCUT2D eigenvalue weighted by Gasteiger charge is -2.07. The molecule has 0 saturated heterocycles. The lowest BCUT2D eigenvalue weighted by Crippen LogP contribution is -2.30. The Morgan fingerprint density at radius 2 is 1.93 bits per heavy atom. The van der Waals surface area contributed by atoms with E-state index in [0.29, 0.717) is 22.7 Å². The second-order valence-electron chi connectivity index (χ2n) is 5.77. The number of methoxy groups -OCH3 is 1. The zero-order valence-electron chi connectivity index (χ0n) is 15.1. The van der Waals surface area contributed by atoms with Gasteiger partial charge >= 0.3 is 5.97 Å². The molecule has 0 radical (unpaired) electrons. The Hall–Kier alpha value is -3.81. The van der Waals surface area contributed by atoms with Gasteiger partial charge in [-0.05, 0) is 42.0 Å². The summed E-state index contributed by atoms with van der Waals surface area (Å²) < 4.78 is 15.0. The van der Waals surface area contributed by atoms with E-state index < -0.39 is 11.9 Å². The Morgan fingerprint density at radius 3 is 2.75 bits per heavy atom. The second kappa shape index (κ2) is 8.72. The maximum atomic E-state index is 12.1. The molecule has 1 aliphatic heterocycles. The van der Waals surface area contributed by atoms with E-state index in [9.17, 15) is 14.4 Å². The van der Waals surface area contributed by atoms with Gasteiger partial charge in [-0.25, -0.2) is 0 Å². The highest BCUT2D eigenvalue weighted by Crippen LogP contribution is 2.32. The highest BCUT2D eigenvalue weighted by Gasteiger charge is 2.12. The average molecular weight is 382 g/mol. The number of esters is 1. The van der Waals surface area contributed by atoms with Gasteiger partial charge in [0.25, 0.3) is 5.91 Å². The largest absolute Gasteiger partial charge is 0.468 e. The molecule has 0 atom stereocenters. The fourth-order valence-corrected chi connectivity index (χ4v) is 2.44. The molecule has 8 heteroatoms. The summed E-state index contributed by atoms with van der Waals surface area (Å²) in [7, 11) is 1.24. The fourth-order valence-electron chi connectivity index (χ4n) is 2.44. The van der Waals surface area contributed by atoms with Gasteiger partial charge in [-0.1, -0.05) is 12.1 Å². The molecule has 0 fully saturated rings. The van der Waals surface area contributed by atoms with Crippen LogP contribution >= 0.6 is 0 Å². The number of amides is 2. The molecule has 3 rings (SSSR count). The first kappa shape index (κ1) is 19.0. The summed E-state index contributed by atoms with van der Waals surface area (Å²) in [6, 6.07) is 11.7. The van der Waals surface area contributed by atoms with Crippen molar-refractivity contribution in [1.29, 1.82) is 0 Å². The van der Waals surface area contributed by atoms with Crippen LogP contribution < -0.4 is 20.1 Å². The summed E-state index contributed by atoms with van der Waals surface area (Å²) in [5, 5.41) is 5.12. The predicted molar refractivity (Wildman–Crippen MR) is 101 cm³/mol. The number of hydrogen-bond donors (Lipinski definition) is 2. The van der Waals surface area contributed by atoms with E-state index in [0.717, 1.165) is 5.56 Å². The van der Waals surface area contributed by atoms with Crippen molar-refractivity contribution in [2.45, 2.75) is 0 Å². The first-order valence-corrected chi connectivity index (χ1v) is 8.39. The topological polar surface area (TPSA) is 103 Å². The normalized spacial score (nSPS) is 11.9. The molecule has 0 aromatic heterocycles. The van der Waals surface area contributed by atoms with Crippen molar-refractivity contribution >= 4 is 29.5 Å². The lowest BCUT2D eigenvalue weighted by molar-refractivity contribution is -0.139. The molecule has 2 aromatic carbocycles. The van der Waals surface area contributed by atoms with Gasteiger partial charge < -0.3 is 24.8 Å². The van der Waals surface area contributed by atoms with Crippen LogP contribution in [0.15, 0.2) is 48.5 Å². The molecule has 0 bridgehead atoms. The number of carbonyl (C=O) groups is 3. The van der Waals surface area contributed by atoms with Gasteiger partial charge in [-0.15, -0.1) is 0 Å². The van der Waals surface area contributed by atoms with Gasteiger partial charge in [0.05, 0.1) is 7.11 Å². The Kier molecular flexibility index (Phi) is 5.91. The van der Waals surface area contributed by atoms with Gasteiger partial charge in [-0.2, -0.15) is 0 Å². The van der Waals surface area contributed by atoms with Crippen molar-refractivity contribution in [2.24, 2.45) is 0 Å². The van der Waals surface area contributed by atoms with E-state index in [4.69, 9.17) is 9.47 Å². The third-order valence-corrected chi connectivity index (χ3v) is 3.84. The van der Waals surface area contributed by atoms with Crippen LogP contribution in [-0.4, -0.2) is 38.2 Å². The third-order valence-electron chi connectivity index (χ3n) is 3.84. The molecule has 1 heterocycles. The maximum absolute atomic E-state index is 12.1. The summed E-state index contributed by atoms with van der Waals surface area (Å²) in [5.41, 5.74) is 1.54. The molecule has 2 N–H and O–H groups in total. The highest BCUT2D eigenvalue weighted by molar-refractivity contribution is 6.03. The smallest absolute Gasteiger partial charge is 0.325 e. The number of benzene rings is 2. The number of fused-ring (bicyclic) bond motifs is 1. The van der Waals surface area contributed by atoms with E-state index in [2.05, 4.69) is 15.4 Å². The van der Waals surface area contributed by atoms with E-state index in [-0.39, 0.29) is 19.2 Å². The van der Waals surface area contributed by atoms with Crippen molar-refractivity contribution in [2.75, 3.05) is 25.8 Å². The zero-order valence-corrected chi connectivity index (χ0v) is 15.1. The van der Waals surface area contributed by atoms with Crippen LogP contribution in [0.3, 0.4) is 0 Å². The van der Waals surface area contributed by atoms with Crippen LogP contribution in [0.4, 0.5) is 5.69 Å². The van der Waals surface area contributed by atoms with Crippen molar-refractivity contribution < 1.29 is 28.6 Å². The Labute approximate surface area is 161 Å². The Morgan fingerprint density at radius 1 is 1.11 bits per heavy atom. The minimum Gasteiger partial charge on any atom is -0.468 e. The summed E-state index contributed by atoms with van der Waals surface area (Å²) in [5.74, 6) is -0.0502. The van der Waals surface area contributed by atoms with Gasteiger partial charge in [-0.3, -0.25) is 14.4 Å². The summed E-state index contributed by atoms with van der Waals surface area (Å²) in [6.45, 7) is -0.0449. The van der Waals surface area contributed by atoms with Crippen LogP contribution in [0.25, 0.3) is 6.08 Å².